The summed E-state index contributed by atoms with van der Waals surface area (Å²) in [6.07, 6.45) is 3.30. The van der Waals surface area contributed by atoms with Gasteiger partial charge in [-0.3, -0.25) is 0 Å². The van der Waals surface area contributed by atoms with E-state index in [1.165, 1.54) is 0 Å². The van der Waals surface area contributed by atoms with E-state index in [1.54, 1.807) is 21.3 Å². The fraction of sp³-hybridized carbons (Fsp3) is 1.00. The molecule has 13 heavy (non-hydrogen) atoms. The van der Waals surface area contributed by atoms with Gasteiger partial charge < -0.3 is 13.3 Å². The van der Waals surface area contributed by atoms with Crippen LogP contribution < -0.4 is 0 Å². The first-order valence-corrected chi connectivity index (χ1v) is 6.66. The molecule has 0 heterocycles. The van der Waals surface area contributed by atoms with Crippen molar-refractivity contribution in [3.05, 3.63) is 0 Å². The van der Waals surface area contributed by atoms with Gasteiger partial charge >= 0.3 is 8.80 Å². The lowest BCUT2D eigenvalue weighted by molar-refractivity contribution is 0.108. The Morgan fingerprint density at radius 3 is 1.69 bits per heavy atom. The summed E-state index contributed by atoms with van der Waals surface area (Å²) < 4.78 is 16.3. The highest BCUT2D eigenvalue weighted by Gasteiger charge is 2.45. The van der Waals surface area contributed by atoms with Crippen LogP contribution in [-0.2, 0) is 13.3 Å². The van der Waals surface area contributed by atoms with Crippen molar-refractivity contribution in [2.75, 3.05) is 21.3 Å². The second-order valence-electron chi connectivity index (χ2n) is 3.11. The molecule has 0 aromatic rings. The molecule has 0 bridgehead atoms. The summed E-state index contributed by atoms with van der Waals surface area (Å²) in [6, 6.07) is 0. The average Bonchev–Trinajstić information content (AvgIpc) is 2.19. The molecular formula is C9H22O3Si. The second kappa shape index (κ2) is 6.54. The van der Waals surface area contributed by atoms with Crippen LogP contribution in [0.5, 0.6) is 0 Å². The first-order valence-electron chi connectivity index (χ1n) is 4.86. The van der Waals surface area contributed by atoms with E-state index in [0.29, 0.717) is 5.54 Å². The smallest absolute Gasteiger partial charge is 0.377 e. The third-order valence-corrected chi connectivity index (χ3v) is 5.89. The summed E-state index contributed by atoms with van der Waals surface area (Å²) in [6.45, 7) is 4.32. The van der Waals surface area contributed by atoms with Gasteiger partial charge in [0.15, 0.2) is 0 Å². The average molecular weight is 206 g/mol. The maximum atomic E-state index is 5.44. The largest absolute Gasteiger partial charge is 0.503 e. The minimum atomic E-state index is -2.37. The molecule has 0 amide bonds. The van der Waals surface area contributed by atoms with Gasteiger partial charge in [0, 0.05) is 26.9 Å². The van der Waals surface area contributed by atoms with Crippen molar-refractivity contribution in [3.63, 3.8) is 0 Å². The zero-order valence-electron chi connectivity index (χ0n) is 9.42. The summed E-state index contributed by atoms with van der Waals surface area (Å²) in [5.41, 5.74) is 0.428. The molecule has 0 radical (unpaired) electrons. The highest BCUT2D eigenvalue weighted by atomic mass is 28.4. The molecule has 0 saturated carbocycles. The molecule has 0 aliphatic heterocycles. The van der Waals surface area contributed by atoms with Gasteiger partial charge in [0.2, 0.25) is 0 Å². The van der Waals surface area contributed by atoms with Gasteiger partial charge in [0.25, 0.3) is 0 Å². The molecule has 0 fully saturated rings. The van der Waals surface area contributed by atoms with Gasteiger partial charge in [-0.15, -0.1) is 0 Å². The minimum Gasteiger partial charge on any atom is -0.377 e. The molecule has 80 valence electrons. The minimum absolute atomic E-state index is 0.428. The van der Waals surface area contributed by atoms with E-state index in [-0.39, 0.29) is 0 Å². The maximum absolute atomic E-state index is 5.44. The molecule has 0 aliphatic carbocycles. The number of rotatable bonds is 7. The fourth-order valence-electron chi connectivity index (χ4n) is 1.73. The fourth-order valence-corrected chi connectivity index (χ4v) is 4.37. The SMILES string of the molecule is CCCC(CC)[Si](OC)(OC)OC. The van der Waals surface area contributed by atoms with Crippen LogP contribution in [0.25, 0.3) is 0 Å². The van der Waals surface area contributed by atoms with Crippen LogP contribution in [0.4, 0.5) is 0 Å². The van der Waals surface area contributed by atoms with Gasteiger partial charge in [-0.25, -0.2) is 0 Å². The third-order valence-electron chi connectivity index (χ3n) is 2.48. The molecule has 0 N–H and O–H groups in total. The van der Waals surface area contributed by atoms with E-state index in [2.05, 4.69) is 13.8 Å². The van der Waals surface area contributed by atoms with Gasteiger partial charge in [-0.05, 0) is 12.8 Å². The van der Waals surface area contributed by atoms with Crippen molar-refractivity contribution >= 4 is 8.80 Å². The summed E-state index contributed by atoms with van der Waals surface area (Å²) in [5, 5.41) is 0. The molecule has 3 nitrogen and oxygen atoms in total. The Bertz CT molecular complexity index is 118. The van der Waals surface area contributed by atoms with Crippen LogP contribution in [0, 0.1) is 0 Å². The standard InChI is InChI=1S/C9H22O3Si/c1-6-8-9(7-2)13(10-3,11-4)12-5/h9H,6-8H2,1-5H3. The predicted octanol–water partition coefficient (Wildman–Crippen LogP) is 2.44. The first-order chi connectivity index (χ1) is 6.20. The van der Waals surface area contributed by atoms with E-state index in [1.807, 2.05) is 0 Å². The lowest BCUT2D eigenvalue weighted by atomic mass is 10.2. The highest BCUT2D eigenvalue weighted by molar-refractivity contribution is 6.62. The number of hydrogen-bond donors (Lipinski definition) is 0. The van der Waals surface area contributed by atoms with Gasteiger partial charge in [0.05, 0.1) is 0 Å². The molecule has 0 aromatic heterocycles. The van der Waals surface area contributed by atoms with E-state index in [0.717, 1.165) is 19.3 Å². The predicted molar refractivity (Wildman–Crippen MR) is 55.7 cm³/mol. The van der Waals surface area contributed by atoms with Crippen molar-refractivity contribution in [2.45, 2.75) is 38.7 Å². The van der Waals surface area contributed by atoms with Crippen molar-refractivity contribution in [2.24, 2.45) is 0 Å². The van der Waals surface area contributed by atoms with E-state index >= 15 is 0 Å². The normalized spacial score (nSPS) is 14.5. The van der Waals surface area contributed by atoms with Crippen LogP contribution in [0.15, 0.2) is 0 Å². The summed E-state index contributed by atoms with van der Waals surface area (Å²) >= 11 is 0. The lowest BCUT2D eigenvalue weighted by Gasteiger charge is -2.31. The zero-order chi connectivity index (χ0) is 10.3. The lowest BCUT2D eigenvalue weighted by Crippen LogP contribution is -2.47. The van der Waals surface area contributed by atoms with Gasteiger partial charge in [-0.2, -0.15) is 0 Å². The first kappa shape index (κ1) is 13.1. The second-order valence-corrected chi connectivity index (χ2v) is 6.36. The molecule has 0 spiro atoms. The van der Waals surface area contributed by atoms with Gasteiger partial charge in [0.1, 0.15) is 0 Å². The molecule has 1 unspecified atom stereocenters. The molecule has 4 heteroatoms. The van der Waals surface area contributed by atoms with Crippen molar-refractivity contribution in [1.29, 1.82) is 0 Å². The molecule has 0 aromatic carbocycles. The Hall–Kier alpha value is 0.0969. The third kappa shape index (κ3) is 3.05. The van der Waals surface area contributed by atoms with E-state index < -0.39 is 8.80 Å². The molecule has 0 aliphatic rings. The van der Waals surface area contributed by atoms with Crippen molar-refractivity contribution in [3.8, 4) is 0 Å². The Morgan fingerprint density at radius 1 is 1.00 bits per heavy atom. The van der Waals surface area contributed by atoms with Crippen LogP contribution in [-0.4, -0.2) is 30.1 Å². The summed E-state index contributed by atoms with van der Waals surface area (Å²) in [5.74, 6) is 0. The van der Waals surface area contributed by atoms with E-state index in [4.69, 9.17) is 13.3 Å². The Balaban J connectivity index is 4.45. The van der Waals surface area contributed by atoms with Gasteiger partial charge in [-0.1, -0.05) is 20.3 Å². The highest BCUT2D eigenvalue weighted by Crippen LogP contribution is 2.31. The quantitative estimate of drug-likeness (QED) is 0.599. The number of hydrogen-bond acceptors (Lipinski definition) is 3. The van der Waals surface area contributed by atoms with Crippen LogP contribution >= 0.6 is 0 Å². The Morgan fingerprint density at radius 2 is 1.46 bits per heavy atom. The molecule has 1 atom stereocenters. The van der Waals surface area contributed by atoms with Crippen molar-refractivity contribution in [1.82, 2.24) is 0 Å². The van der Waals surface area contributed by atoms with Crippen LogP contribution in [0.2, 0.25) is 5.54 Å². The molecule has 0 rings (SSSR count). The Kier molecular flexibility index (Phi) is 6.58. The van der Waals surface area contributed by atoms with E-state index in [9.17, 15) is 0 Å². The Labute approximate surface area is 82.8 Å². The van der Waals surface area contributed by atoms with Crippen LogP contribution in [0.3, 0.4) is 0 Å². The van der Waals surface area contributed by atoms with Crippen LogP contribution in [0.1, 0.15) is 33.1 Å². The van der Waals surface area contributed by atoms with Crippen molar-refractivity contribution < 1.29 is 13.3 Å². The monoisotopic (exact) mass is 206 g/mol. The summed E-state index contributed by atoms with van der Waals surface area (Å²) in [7, 11) is 2.67. The maximum Gasteiger partial charge on any atom is 0.503 e. The molecular weight excluding hydrogens is 184 g/mol. The topological polar surface area (TPSA) is 27.7 Å². The zero-order valence-corrected chi connectivity index (χ0v) is 10.4. The molecule has 0 saturated heterocycles. The summed E-state index contributed by atoms with van der Waals surface area (Å²) in [4.78, 5) is 0.